The van der Waals surface area contributed by atoms with Crippen LogP contribution in [0.1, 0.15) is 15.9 Å². The van der Waals surface area contributed by atoms with E-state index in [1.54, 1.807) is 0 Å². The highest BCUT2D eigenvalue weighted by atomic mass is 79.9. The Hall–Kier alpha value is -0.660. The maximum atomic E-state index is 13.5. The highest BCUT2D eigenvalue weighted by Gasteiger charge is 2.21. The first kappa shape index (κ1) is 13.8. The Morgan fingerprint density at radius 3 is 2.11 bits per heavy atom. The van der Waals surface area contributed by atoms with Crippen LogP contribution in [-0.2, 0) is 0 Å². The predicted molar refractivity (Wildman–Crippen MR) is 69.5 cm³/mol. The molecule has 94 valence electrons. The van der Waals surface area contributed by atoms with Gasteiger partial charge in [-0.3, -0.25) is 4.79 Å². The van der Waals surface area contributed by atoms with E-state index in [9.17, 15) is 18.0 Å². The molecule has 2 rings (SSSR count). The molecule has 0 saturated heterocycles. The zero-order valence-electron chi connectivity index (χ0n) is 8.44. The van der Waals surface area contributed by atoms with Crippen molar-refractivity contribution in [3.05, 3.63) is 54.4 Å². The fraction of sp³-hybridized carbons (Fsp3) is 0. The van der Waals surface area contributed by atoms with Crippen LogP contribution in [0.5, 0.6) is 0 Å². The van der Waals surface area contributed by atoms with Crippen LogP contribution in [0.25, 0.3) is 0 Å². The second-order valence-corrected chi connectivity index (χ2v) is 7.06. The molecule has 0 aliphatic rings. The van der Waals surface area contributed by atoms with Crippen molar-refractivity contribution in [2.45, 2.75) is 0 Å². The lowest BCUT2D eigenvalue weighted by atomic mass is 10.1. The summed E-state index contributed by atoms with van der Waals surface area (Å²) in [6.45, 7) is 0. The average Bonchev–Trinajstić information content (AvgIpc) is 2.62. The maximum Gasteiger partial charge on any atom is 0.198 e. The molecule has 0 unspecified atom stereocenters. The summed E-state index contributed by atoms with van der Waals surface area (Å²) in [4.78, 5) is 12.0. The third kappa shape index (κ3) is 2.53. The van der Waals surface area contributed by atoms with E-state index < -0.39 is 28.8 Å². The number of benzene rings is 1. The standard InChI is InChI=1S/C11H3Br2F3OS/c12-9-2-5(11(13)18-9)10(17)4-1-7(15)8(16)3-6(4)14/h1-3H. The van der Waals surface area contributed by atoms with E-state index in [4.69, 9.17) is 0 Å². The summed E-state index contributed by atoms with van der Waals surface area (Å²) < 4.78 is 40.4. The van der Waals surface area contributed by atoms with Gasteiger partial charge in [0.2, 0.25) is 0 Å². The number of rotatable bonds is 2. The molecule has 0 radical (unpaired) electrons. The molecule has 1 heterocycles. The van der Waals surface area contributed by atoms with Gasteiger partial charge in [-0.25, -0.2) is 13.2 Å². The van der Waals surface area contributed by atoms with Crippen molar-refractivity contribution < 1.29 is 18.0 Å². The third-order valence-electron chi connectivity index (χ3n) is 2.16. The lowest BCUT2D eigenvalue weighted by molar-refractivity contribution is 0.103. The van der Waals surface area contributed by atoms with Crippen molar-refractivity contribution >= 4 is 49.0 Å². The Labute approximate surface area is 121 Å². The van der Waals surface area contributed by atoms with E-state index in [1.807, 2.05) is 0 Å². The van der Waals surface area contributed by atoms with Crippen molar-refractivity contribution in [2.24, 2.45) is 0 Å². The maximum absolute atomic E-state index is 13.5. The van der Waals surface area contributed by atoms with Crippen LogP contribution in [-0.4, -0.2) is 5.78 Å². The quantitative estimate of drug-likeness (QED) is 0.517. The number of carbonyl (C=O) groups excluding carboxylic acids is 1. The minimum atomic E-state index is -1.32. The Balaban J connectivity index is 2.53. The van der Waals surface area contributed by atoms with Gasteiger partial charge < -0.3 is 0 Å². The van der Waals surface area contributed by atoms with Gasteiger partial charge in [-0.2, -0.15) is 0 Å². The molecule has 0 bridgehead atoms. The summed E-state index contributed by atoms with van der Waals surface area (Å²) in [6.07, 6.45) is 0. The fourth-order valence-corrected chi connectivity index (χ4v) is 4.13. The first-order chi connectivity index (χ1) is 8.40. The SMILES string of the molecule is O=C(c1cc(F)c(F)cc1F)c1cc(Br)sc1Br. The van der Waals surface area contributed by atoms with Crippen LogP contribution in [0.2, 0.25) is 0 Å². The molecule has 0 saturated carbocycles. The van der Waals surface area contributed by atoms with Gasteiger partial charge in [-0.05, 0) is 44.0 Å². The van der Waals surface area contributed by atoms with Crippen LogP contribution in [0, 0.1) is 17.5 Å². The summed E-state index contributed by atoms with van der Waals surface area (Å²) in [7, 11) is 0. The van der Waals surface area contributed by atoms with Crippen molar-refractivity contribution in [2.75, 3.05) is 0 Å². The molecule has 0 fully saturated rings. The largest absolute Gasteiger partial charge is 0.288 e. The van der Waals surface area contributed by atoms with Gasteiger partial charge in [0, 0.05) is 11.6 Å². The molecule has 0 atom stereocenters. The smallest absolute Gasteiger partial charge is 0.198 e. The highest BCUT2D eigenvalue weighted by molar-refractivity contribution is 9.12. The topological polar surface area (TPSA) is 17.1 Å². The first-order valence-corrected chi connectivity index (χ1v) is 6.94. The summed E-state index contributed by atoms with van der Waals surface area (Å²) in [6, 6.07) is 2.40. The summed E-state index contributed by atoms with van der Waals surface area (Å²) in [5, 5.41) is 0. The molecule has 0 aliphatic carbocycles. The molecule has 0 aliphatic heterocycles. The van der Waals surface area contributed by atoms with E-state index in [-0.39, 0.29) is 5.56 Å². The van der Waals surface area contributed by atoms with Crippen molar-refractivity contribution in [1.82, 2.24) is 0 Å². The second-order valence-electron chi connectivity index (χ2n) is 3.31. The third-order valence-corrected chi connectivity index (χ3v) is 4.50. The summed E-state index contributed by atoms with van der Waals surface area (Å²) >= 11 is 7.55. The van der Waals surface area contributed by atoms with Crippen LogP contribution < -0.4 is 0 Å². The van der Waals surface area contributed by atoms with Crippen LogP contribution in [0.15, 0.2) is 25.8 Å². The van der Waals surface area contributed by atoms with Gasteiger partial charge in [-0.15, -0.1) is 11.3 Å². The minimum Gasteiger partial charge on any atom is -0.288 e. The van der Waals surface area contributed by atoms with E-state index in [0.29, 0.717) is 19.7 Å². The fourth-order valence-electron chi connectivity index (χ4n) is 1.34. The number of hydrogen-bond donors (Lipinski definition) is 0. The minimum absolute atomic E-state index is 0.191. The molecule has 18 heavy (non-hydrogen) atoms. The average molecular weight is 400 g/mol. The molecular formula is C11H3Br2F3OS. The number of thiophene rings is 1. The van der Waals surface area contributed by atoms with Gasteiger partial charge >= 0.3 is 0 Å². The second kappa shape index (κ2) is 5.14. The summed E-state index contributed by atoms with van der Waals surface area (Å²) in [5.41, 5.74) is -0.309. The highest BCUT2D eigenvalue weighted by Crippen LogP contribution is 2.33. The van der Waals surface area contributed by atoms with E-state index in [1.165, 1.54) is 17.4 Å². The Bertz CT molecular complexity index is 639. The van der Waals surface area contributed by atoms with Crippen LogP contribution in [0.3, 0.4) is 0 Å². The molecule has 1 aromatic heterocycles. The number of ketones is 1. The van der Waals surface area contributed by atoms with E-state index in [2.05, 4.69) is 31.9 Å². The zero-order valence-corrected chi connectivity index (χ0v) is 12.4. The molecule has 0 amide bonds. The molecule has 0 N–H and O–H groups in total. The number of hydrogen-bond acceptors (Lipinski definition) is 2. The van der Waals surface area contributed by atoms with Gasteiger partial charge in [0.25, 0.3) is 0 Å². The van der Waals surface area contributed by atoms with Gasteiger partial charge in [-0.1, -0.05) is 0 Å². The van der Waals surface area contributed by atoms with Crippen LogP contribution >= 0.6 is 43.2 Å². The number of halogens is 5. The van der Waals surface area contributed by atoms with Gasteiger partial charge in [0.15, 0.2) is 17.4 Å². The van der Waals surface area contributed by atoms with Crippen molar-refractivity contribution in [1.29, 1.82) is 0 Å². The predicted octanol–water partition coefficient (Wildman–Crippen LogP) is 4.92. The van der Waals surface area contributed by atoms with Gasteiger partial charge in [0.1, 0.15) is 5.82 Å². The lowest BCUT2D eigenvalue weighted by Gasteiger charge is -2.02. The first-order valence-electron chi connectivity index (χ1n) is 4.54. The molecule has 7 heteroatoms. The molecule has 0 spiro atoms. The lowest BCUT2D eigenvalue weighted by Crippen LogP contribution is -2.05. The van der Waals surface area contributed by atoms with Gasteiger partial charge in [0.05, 0.1) is 13.1 Å². The van der Waals surface area contributed by atoms with Crippen molar-refractivity contribution in [3.8, 4) is 0 Å². The Morgan fingerprint density at radius 2 is 1.56 bits per heavy atom. The molecule has 2 aromatic rings. The van der Waals surface area contributed by atoms with E-state index in [0.717, 1.165) is 0 Å². The Morgan fingerprint density at radius 1 is 0.944 bits per heavy atom. The molecule has 1 aromatic carbocycles. The summed E-state index contributed by atoms with van der Waals surface area (Å²) in [5.74, 6) is -4.38. The Kier molecular flexibility index (Phi) is 3.93. The normalized spacial score (nSPS) is 10.7. The van der Waals surface area contributed by atoms with Crippen LogP contribution in [0.4, 0.5) is 13.2 Å². The monoisotopic (exact) mass is 398 g/mol. The zero-order chi connectivity index (χ0) is 13.4. The van der Waals surface area contributed by atoms with Crippen molar-refractivity contribution in [3.63, 3.8) is 0 Å². The van der Waals surface area contributed by atoms with E-state index >= 15 is 0 Å². The molecule has 1 nitrogen and oxygen atoms in total. The number of carbonyl (C=O) groups is 1. The molecular weight excluding hydrogens is 397 g/mol.